The van der Waals surface area contributed by atoms with Crippen LogP contribution in [-0.2, 0) is 4.79 Å². The fraction of sp³-hybridized carbons (Fsp3) is 0.800. The lowest BCUT2D eigenvalue weighted by Crippen LogP contribution is -2.74. The van der Waals surface area contributed by atoms with Gasteiger partial charge in [-0.05, 0) is 25.7 Å². The molecule has 0 aromatic carbocycles. The van der Waals surface area contributed by atoms with Gasteiger partial charge >= 0.3 is 0 Å². The molecule has 3 unspecified atom stereocenters. The summed E-state index contributed by atoms with van der Waals surface area (Å²) in [7, 11) is 0. The van der Waals surface area contributed by atoms with Gasteiger partial charge in [0.2, 0.25) is 0 Å². The van der Waals surface area contributed by atoms with Gasteiger partial charge in [0.05, 0.1) is 11.5 Å². The zero-order chi connectivity index (χ0) is 13.2. The third-order valence-electron chi connectivity index (χ3n) is 5.35. The average molecular weight is 236 g/mol. The molecular formula is C15H24O2. The van der Waals surface area contributed by atoms with E-state index in [9.17, 15) is 9.90 Å². The van der Waals surface area contributed by atoms with Crippen molar-refractivity contribution >= 4 is 5.78 Å². The Balaban J connectivity index is 2.43. The minimum absolute atomic E-state index is 0.125. The Kier molecular flexibility index (Phi) is 2.43. The second-order valence-electron chi connectivity index (χ2n) is 7.20. The summed E-state index contributed by atoms with van der Waals surface area (Å²) >= 11 is 0. The number of allylic oxidation sites excluding steroid dienone is 1. The minimum atomic E-state index is -0.816. The molecule has 1 N–H and O–H groups in total. The van der Waals surface area contributed by atoms with Crippen molar-refractivity contribution in [3.8, 4) is 0 Å². The van der Waals surface area contributed by atoms with Crippen molar-refractivity contribution in [2.45, 2.75) is 53.1 Å². The van der Waals surface area contributed by atoms with Crippen molar-refractivity contribution in [2.75, 3.05) is 0 Å². The molecule has 96 valence electrons. The van der Waals surface area contributed by atoms with E-state index in [1.54, 1.807) is 0 Å². The smallest absolute Gasteiger partial charge is 0.145 e. The molecule has 0 spiro atoms. The first-order valence-electron chi connectivity index (χ1n) is 6.48. The van der Waals surface area contributed by atoms with Crippen LogP contribution in [0.15, 0.2) is 12.2 Å². The van der Waals surface area contributed by atoms with Crippen LogP contribution in [0, 0.1) is 22.7 Å². The third kappa shape index (κ3) is 1.33. The molecule has 3 atom stereocenters. The molecule has 2 heteroatoms. The molecule has 0 aliphatic heterocycles. The predicted octanol–water partition coefficient (Wildman–Crippen LogP) is 2.95. The van der Waals surface area contributed by atoms with Gasteiger partial charge in [0.25, 0.3) is 0 Å². The first-order chi connectivity index (χ1) is 7.56. The van der Waals surface area contributed by atoms with Gasteiger partial charge in [-0.25, -0.2) is 0 Å². The maximum Gasteiger partial charge on any atom is 0.145 e. The van der Waals surface area contributed by atoms with Gasteiger partial charge in [0.15, 0.2) is 0 Å². The van der Waals surface area contributed by atoms with Crippen molar-refractivity contribution in [3.05, 3.63) is 12.2 Å². The molecule has 0 aromatic heterocycles. The number of rotatable bonds is 1. The Labute approximate surface area is 104 Å². The Morgan fingerprint density at radius 1 is 1.29 bits per heavy atom. The van der Waals surface area contributed by atoms with Crippen LogP contribution in [0.1, 0.15) is 47.5 Å². The van der Waals surface area contributed by atoms with Crippen LogP contribution in [0.2, 0.25) is 0 Å². The summed E-state index contributed by atoms with van der Waals surface area (Å²) in [6.45, 7) is 14.1. The number of Topliss-reactive ketones (excluding diaryl/α,β-unsaturated/α-hetero) is 1. The quantitative estimate of drug-likeness (QED) is 0.711. The van der Waals surface area contributed by atoms with Gasteiger partial charge in [-0.2, -0.15) is 0 Å². The predicted molar refractivity (Wildman–Crippen MR) is 68.5 cm³/mol. The fourth-order valence-corrected chi connectivity index (χ4v) is 4.06. The number of carbonyl (C=O) groups is 1. The summed E-state index contributed by atoms with van der Waals surface area (Å²) in [4.78, 5) is 12.5. The Hall–Kier alpha value is -0.630. The van der Waals surface area contributed by atoms with E-state index in [-0.39, 0.29) is 28.4 Å². The Morgan fingerprint density at radius 3 is 2.29 bits per heavy atom. The highest BCUT2D eigenvalue weighted by molar-refractivity contribution is 5.90. The van der Waals surface area contributed by atoms with Crippen LogP contribution in [-0.4, -0.2) is 16.5 Å². The second kappa shape index (κ2) is 3.23. The van der Waals surface area contributed by atoms with Gasteiger partial charge in [-0.15, -0.1) is 0 Å². The van der Waals surface area contributed by atoms with Crippen molar-refractivity contribution < 1.29 is 9.90 Å². The van der Waals surface area contributed by atoms with Gasteiger partial charge < -0.3 is 5.11 Å². The Morgan fingerprint density at radius 2 is 1.82 bits per heavy atom. The first kappa shape index (κ1) is 12.8. The molecule has 2 aliphatic carbocycles. The standard InChI is InChI=1S/C15H24O2/c1-9(2)10-11-12(16)13(3,4)7-8-15(11,17)14(10,5)6/h10-11,17H,1,7-8H2,2-6H3. The zero-order valence-corrected chi connectivity index (χ0v) is 11.6. The number of hydrogen-bond donors (Lipinski definition) is 1. The number of hydrogen-bond acceptors (Lipinski definition) is 2. The molecule has 0 radical (unpaired) electrons. The molecule has 2 nitrogen and oxygen atoms in total. The van der Waals surface area contributed by atoms with Crippen LogP contribution in [0.25, 0.3) is 0 Å². The van der Waals surface area contributed by atoms with Crippen LogP contribution < -0.4 is 0 Å². The normalized spacial score (nSPS) is 42.6. The van der Waals surface area contributed by atoms with Crippen molar-refractivity contribution in [3.63, 3.8) is 0 Å². The molecule has 0 saturated heterocycles. The second-order valence-corrected chi connectivity index (χ2v) is 7.20. The molecule has 2 rings (SSSR count). The average Bonchev–Trinajstić information content (AvgIpc) is 2.18. The van der Waals surface area contributed by atoms with Crippen LogP contribution in [0.4, 0.5) is 0 Å². The molecule has 0 amide bonds. The minimum Gasteiger partial charge on any atom is -0.389 e. The number of carbonyl (C=O) groups excluding carboxylic acids is 1. The maximum atomic E-state index is 12.5. The van der Waals surface area contributed by atoms with Gasteiger partial charge in [-0.3, -0.25) is 4.79 Å². The van der Waals surface area contributed by atoms with Crippen molar-refractivity contribution in [1.29, 1.82) is 0 Å². The molecular weight excluding hydrogens is 212 g/mol. The fourth-order valence-electron chi connectivity index (χ4n) is 4.06. The van der Waals surface area contributed by atoms with Crippen LogP contribution in [0.3, 0.4) is 0 Å². The van der Waals surface area contributed by atoms with E-state index in [0.717, 1.165) is 18.4 Å². The van der Waals surface area contributed by atoms with E-state index in [2.05, 4.69) is 20.4 Å². The van der Waals surface area contributed by atoms with Gasteiger partial charge in [0.1, 0.15) is 5.78 Å². The topological polar surface area (TPSA) is 37.3 Å². The van der Waals surface area contributed by atoms with E-state index in [4.69, 9.17) is 0 Å². The van der Waals surface area contributed by atoms with Crippen LogP contribution >= 0.6 is 0 Å². The highest BCUT2D eigenvalue weighted by Gasteiger charge is 2.71. The first-order valence-corrected chi connectivity index (χ1v) is 6.48. The lowest BCUT2D eigenvalue weighted by molar-refractivity contribution is -0.251. The summed E-state index contributed by atoms with van der Waals surface area (Å²) in [5.74, 6) is 0.108. The van der Waals surface area contributed by atoms with E-state index >= 15 is 0 Å². The molecule has 2 aliphatic rings. The summed E-state index contributed by atoms with van der Waals surface area (Å²) in [5.41, 5.74) is -0.310. The molecule has 0 heterocycles. The highest BCUT2D eigenvalue weighted by Crippen LogP contribution is 2.66. The number of aliphatic hydroxyl groups is 1. The van der Waals surface area contributed by atoms with Gasteiger partial charge in [-0.1, -0.05) is 39.8 Å². The van der Waals surface area contributed by atoms with E-state index in [1.165, 1.54) is 0 Å². The monoisotopic (exact) mass is 236 g/mol. The SMILES string of the molecule is C=C(C)C1C2C(=O)C(C)(C)CCC2(O)C1(C)C. The summed E-state index contributed by atoms with van der Waals surface area (Å²) in [5, 5.41) is 10.8. The van der Waals surface area contributed by atoms with E-state index < -0.39 is 5.60 Å². The molecule has 0 aromatic rings. The van der Waals surface area contributed by atoms with Crippen molar-refractivity contribution in [1.82, 2.24) is 0 Å². The third-order valence-corrected chi connectivity index (χ3v) is 5.35. The lowest BCUT2D eigenvalue weighted by atomic mass is 9.38. The highest BCUT2D eigenvalue weighted by atomic mass is 16.3. The Bertz CT molecular complexity index is 392. The molecule has 2 fully saturated rings. The summed E-state index contributed by atoms with van der Waals surface area (Å²) in [6.07, 6.45) is 1.51. The number of fused-ring (bicyclic) bond motifs is 1. The van der Waals surface area contributed by atoms with E-state index in [1.807, 2.05) is 20.8 Å². The largest absolute Gasteiger partial charge is 0.389 e. The van der Waals surface area contributed by atoms with Gasteiger partial charge in [0, 0.05) is 10.8 Å². The van der Waals surface area contributed by atoms with Crippen molar-refractivity contribution in [2.24, 2.45) is 22.7 Å². The molecule has 0 bridgehead atoms. The summed E-state index contributed by atoms with van der Waals surface area (Å²) in [6, 6.07) is 0. The molecule has 17 heavy (non-hydrogen) atoms. The lowest BCUT2D eigenvalue weighted by Gasteiger charge is -2.67. The van der Waals surface area contributed by atoms with E-state index in [0.29, 0.717) is 0 Å². The number of ketones is 1. The molecule has 2 saturated carbocycles. The summed E-state index contributed by atoms with van der Waals surface area (Å²) < 4.78 is 0. The maximum absolute atomic E-state index is 12.5. The zero-order valence-electron chi connectivity index (χ0n) is 11.6. The van der Waals surface area contributed by atoms with Crippen LogP contribution in [0.5, 0.6) is 0 Å².